The van der Waals surface area contributed by atoms with Gasteiger partial charge in [0.15, 0.2) is 0 Å². The van der Waals surface area contributed by atoms with Crippen molar-refractivity contribution in [1.82, 2.24) is 0 Å². The van der Waals surface area contributed by atoms with Crippen LogP contribution in [0.3, 0.4) is 0 Å². The van der Waals surface area contributed by atoms with E-state index in [1.165, 1.54) is 0 Å². The fourth-order valence-electron chi connectivity index (χ4n) is 0.843. The van der Waals surface area contributed by atoms with E-state index in [1.807, 2.05) is 0 Å². The number of benzene rings is 1. The van der Waals surface area contributed by atoms with E-state index in [0.29, 0.717) is 0 Å². The summed E-state index contributed by atoms with van der Waals surface area (Å²) in [5.74, 6) is 3.27. The zero-order chi connectivity index (χ0) is 10.0. The van der Waals surface area contributed by atoms with Gasteiger partial charge in [-0.25, -0.2) is 9.18 Å². The molecular weight excluding hydrogens is 278 g/mol. The molecule has 1 aromatic carbocycles. The van der Waals surface area contributed by atoms with Gasteiger partial charge in [-0.3, -0.25) is 5.84 Å². The summed E-state index contributed by atoms with van der Waals surface area (Å²) in [6.45, 7) is 0. The lowest BCUT2D eigenvalue weighted by molar-refractivity contribution is 0.0698. The number of anilines is 1. The van der Waals surface area contributed by atoms with Crippen LogP contribution in [-0.2, 0) is 0 Å². The summed E-state index contributed by atoms with van der Waals surface area (Å²) in [6, 6.07) is 2.15. The number of hydrazine groups is 1. The summed E-state index contributed by atoms with van der Waals surface area (Å²) in [6.07, 6.45) is 0. The maximum Gasteiger partial charge on any atom is 0.337 e. The molecule has 0 bridgehead atoms. The van der Waals surface area contributed by atoms with Crippen LogP contribution in [0.4, 0.5) is 10.1 Å². The number of nitrogen functional groups attached to an aromatic ring is 1. The lowest BCUT2D eigenvalue weighted by Crippen LogP contribution is -2.12. The predicted molar refractivity (Wildman–Crippen MR) is 56.1 cm³/mol. The SMILES string of the molecule is Cl.NNc1cc(F)c(Br)cc1C(=O)O. The van der Waals surface area contributed by atoms with E-state index in [0.717, 1.165) is 12.1 Å². The minimum Gasteiger partial charge on any atom is -0.478 e. The Hall–Kier alpha value is -0.850. The van der Waals surface area contributed by atoms with Crippen molar-refractivity contribution < 1.29 is 14.3 Å². The fraction of sp³-hybridized carbons (Fsp3) is 0. The van der Waals surface area contributed by atoms with Crippen LogP contribution in [0, 0.1) is 5.82 Å². The van der Waals surface area contributed by atoms with E-state index in [2.05, 4.69) is 21.4 Å². The molecular formula is C7H7BrClFN2O2. The van der Waals surface area contributed by atoms with Crippen LogP contribution in [0.1, 0.15) is 10.4 Å². The van der Waals surface area contributed by atoms with Gasteiger partial charge < -0.3 is 10.5 Å². The van der Waals surface area contributed by atoms with Crippen LogP contribution in [0.2, 0.25) is 0 Å². The van der Waals surface area contributed by atoms with Gasteiger partial charge in [-0.2, -0.15) is 0 Å². The van der Waals surface area contributed by atoms with Gasteiger partial charge >= 0.3 is 5.97 Å². The quantitative estimate of drug-likeness (QED) is 0.574. The number of aromatic carboxylic acids is 1. The fourth-order valence-corrected chi connectivity index (χ4v) is 1.19. The highest BCUT2D eigenvalue weighted by molar-refractivity contribution is 9.10. The van der Waals surface area contributed by atoms with Crippen LogP contribution >= 0.6 is 28.3 Å². The Morgan fingerprint density at radius 3 is 2.57 bits per heavy atom. The summed E-state index contributed by atoms with van der Waals surface area (Å²) in [4.78, 5) is 10.6. The first kappa shape index (κ1) is 13.2. The third kappa shape index (κ3) is 2.57. The Morgan fingerprint density at radius 1 is 1.57 bits per heavy atom. The number of nitrogens with one attached hydrogen (secondary N) is 1. The van der Waals surface area contributed by atoms with Crippen molar-refractivity contribution in [1.29, 1.82) is 0 Å². The summed E-state index contributed by atoms with van der Waals surface area (Å²) in [5.41, 5.74) is 2.05. The van der Waals surface area contributed by atoms with Crippen LogP contribution < -0.4 is 11.3 Å². The molecule has 0 saturated heterocycles. The van der Waals surface area contributed by atoms with Gasteiger partial charge in [0.05, 0.1) is 15.7 Å². The molecule has 0 aliphatic heterocycles. The van der Waals surface area contributed by atoms with Crippen molar-refractivity contribution in [2.45, 2.75) is 0 Å². The zero-order valence-electron chi connectivity index (χ0n) is 6.75. The lowest BCUT2D eigenvalue weighted by atomic mass is 10.2. The minimum atomic E-state index is -1.17. The number of hydrogen-bond donors (Lipinski definition) is 3. The Labute approximate surface area is 93.8 Å². The van der Waals surface area contributed by atoms with Crippen molar-refractivity contribution in [3.63, 3.8) is 0 Å². The molecule has 0 radical (unpaired) electrons. The summed E-state index contributed by atoms with van der Waals surface area (Å²) in [7, 11) is 0. The smallest absolute Gasteiger partial charge is 0.337 e. The second kappa shape index (κ2) is 5.14. The van der Waals surface area contributed by atoms with Crippen molar-refractivity contribution in [2.75, 3.05) is 5.43 Å². The van der Waals surface area contributed by atoms with Crippen molar-refractivity contribution in [2.24, 2.45) is 5.84 Å². The highest BCUT2D eigenvalue weighted by Gasteiger charge is 2.12. The van der Waals surface area contributed by atoms with E-state index in [-0.39, 0.29) is 28.1 Å². The summed E-state index contributed by atoms with van der Waals surface area (Å²) < 4.78 is 13.0. The van der Waals surface area contributed by atoms with E-state index in [9.17, 15) is 9.18 Å². The third-order valence-corrected chi connectivity index (χ3v) is 2.05. The molecule has 0 atom stereocenters. The lowest BCUT2D eigenvalue weighted by Gasteiger charge is -2.05. The van der Waals surface area contributed by atoms with Gasteiger partial charge in [-0.1, -0.05) is 0 Å². The number of halogens is 3. The monoisotopic (exact) mass is 284 g/mol. The first-order valence-electron chi connectivity index (χ1n) is 3.25. The van der Waals surface area contributed by atoms with Gasteiger partial charge in [0.1, 0.15) is 5.82 Å². The average Bonchev–Trinajstić information content (AvgIpc) is 2.08. The maximum atomic E-state index is 12.9. The predicted octanol–water partition coefficient (Wildman–Crippen LogP) is 1.99. The van der Waals surface area contributed by atoms with Crippen molar-refractivity contribution >= 4 is 40.0 Å². The number of rotatable bonds is 2. The number of carboxylic acids is 1. The van der Waals surface area contributed by atoms with Gasteiger partial charge in [0.25, 0.3) is 0 Å². The molecule has 0 unspecified atom stereocenters. The molecule has 7 heteroatoms. The number of nitrogens with two attached hydrogens (primary N) is 1. The molecule has 0 fully saturated rings. The second-order valence-electron chi connectivity index (χ2n) is 2.26. The third-order valence-electron chi connectivity index (χ3n) is 1.45. The Morgan fingerprint density at radius 2 is 2.14 bits per heavy atom. The molecule has 4 nitrogen and oxygen atoms in total. The second-order valence-corrected chi connectivity index (χ2v) is 3.12. The number of carbonyl (C=O) groups is 1. The van der Waals surface area contributed by atoms with E-state index in [1.54, 1.807) is 0 Å². The molecule has 0 amide bonds. The first-order valence-corrected chi connectivity index (χ1v) is 4.04. The minimum absolute atomic E-state index is 0. The normalized spacial score (nSPS) is 9.07. The molecule has 0 aliphatic rings. The molecule has 0 saturated carbocycles. The Kier molecular flexibility index (Phi) is 4.82. The molecule has 4 N–H and O–H groups in total. The van der Waals surface area contributed by atoms with E-state index >= 15 is 0 Å². The van der Waals surface area contributed by atoms with Crippen molar-refractivity contribution in [3.8, 4) is 0 Å². The standard InChI is InChI=1S/C7H6BrFN2O2.ClH/c8-4-1-3(7(12)13)6(11-10)2-5(4)9;/h1-2,11H,10H2,(H,12,13);1H. The molecule has 1 rings (SSSR count). The molecule has 0 aromatic heterocycles. The molecule has 1 aromatic rings. The molecule has 0 heterocycles. The molecule has 14 heavy (non-hydrogen) atoms. The van der Waals surface area contributed by atoms with Crippen LogP contribution in [0.25, 0.3) is 0 Å². The topological polar surface area (TPSA) is 75.3 Å². The van der Waals surface area contributed by atoms with Gasteiger partial charge in [0.2, 0.25) is 0 Å². The summed E-state index contributed by atoms with van der Waals surface area (Å²) in [5, 5.41) is 8.67. The van der Waals surface area contributed by atoms with E-state index in [4.69, 9.17) is 10.9 Å². The van der Waals surface area contributed by atoms with E-state index < -0.39 is 11.8 Å². The molecule has 0 aliphatic carbocycles. The first-order chi connectivity index (χ1) is 6.06. The van der Waals surface area contributed by atoms with Gasteiger partial charge in [-0.05, 0) is 22.0 Å². The van der Waals surface area contributed by atoms with Crippen LogP contribution in [-0.4, -0.2) is 11.1 Å². The zero-order valence-corrected chi connectivity index (χ0v) is 9.15. The number of carboxylic acid groups (broad SMARTS) is 1. The highest BCUT2D eigenvalue weighted by atomic mass is 79.9. The highest BCUT2D eigenvalue weighted by Crippen LogP contribution is 2.23. The maximum absolute atomic E-state index is 12.9. The largest absolute Gasteiger partial charge is 0.478 e. The average molecular weight is 286 g/mol. The van der Waals surface area contributed by atoms with Gasteiger partial charge in [-0.15, -0.1) is 12.4 Å². The molecule has 78 valence electrons. The summed E-state index contributed by atoms with van der Waals surface area (Å²) >= 11 is 2.87. The van der Waals surface area contributed by atoms with Crippen LogP contribution in [0.5, 0.6) is 0 Å². The van der Waals surface area contributed by atoms with Crippen LogP contribution in [0.15, 0.2) is 16.6 Å². The Bertz CT molecular complexity index is 362. The Balaban J connectivity index is 0.00000169. The van der Waals surface area contributed by atoms with Gasteiger partial charge in [0, 0.05) is 6.07 Å². The number of hydrogen-bond acceptors (Lipinski definition) is 3. The molecule has 0 spiro atoms. The van der Waals surface area contributed by atoms with Crippen molar-refractivity contribution in [3.05, 3.63) is 28.0 Å².